The van der Waals surface area contributed by atoms with Crippen molar-refractivity contribution in [1.82, 2.24) is 10.2 Å². The van der Waals surface area contributed by atoms with Crippen LogP contribution in [0, 0.1) is 0 Å². The number of carbonyl (C=O) groups is 2. The van der Waals surface area contributed by atoms with Gasteiger partial charge in [-0.25, -0.2) is 0 Å². The second kappa shape index (κ2) is 6.30. The van der Waals surface area contributed by atoms with Gasteiger partial charge in [-0.2, -0.15) is 0 Å². The third-order valence-corrected chi connectivity index (χ3v) is 3.65. The van der Waals surface area contributed by atoms with Gasteiger partial charge in [0.1, 0.15) is 0 Å². The maximum Gasteiger partial charge on any atom is 0.261 e. The van der Waals surface area contributed by atoms with Crippen LogP contribution in [0.25, 0.3) is 0 Å². The topological polar surface area (TPSA) is 49.4 Å². The molecule has 0 spiro atoms. The van der Waals surface area contributed by atoms with Crippen molar-refractivity contribution in [3.8, 4) is 0 Å². The summed E-state index contributed by atoms with van der Waals surface area (Å²) in [4.78, 5) is 25.6. The molecule has 0 saturated heterocycles. The summed E-state index contributed by atoms with van der Waals surface area (Å²) < 4.78 is 0.815. The van der Waals surface area contributed by atoms with Gasteiger partial charge in [0.25, 0.3) is 11.8 Å². The number of hydrogen-bond donors (Lipinski definition) is 1. The molecular formula is C14H17BrN2O2. The fraction of sp³-hybridized carbons (Fsp3) is 0.429. The van der Waals surface area contributed by atoms with E-state index in [2.05, 4.69) is 28.2 Å². The van der Waals surface area contributed by atoms with Crippen molar-refractivity contribution in [2.24, 2.45) is 0 Å². The summed E-state index contributed by atoms with van der Waals surface area (Å²) in [5.74, 6) is -0.386. The summed E-state index contributed by atoms with van der Waals surface area (Å²) in [6.45, 7) is 4.12. The number of nitrogens with one attached hydrogen (secondary N) is 1. The second-order valence-corrected chi connectivity index (χ2v) is 5.47. The third-order valence-electron chi connectivity index (χ3n) is 3.15. The highest BCUT2D eigenvalue weighted by Crippen LogP contribution is 2.25. The summed E-state index contributed by atoms with van der Waals surface area (Å²) in [5, 5.41) is 3.24. The highest BCUT2D eigenvalue weighted by Gasteiger charge is 2.34. The van der Waals surface area contributed by atoms with E-state index in [0.29, 0.717) is 24.2 Å². The first-order chi connectivity index (χ1) is 9.15. The van der Waals surface area contributed by atoms with Gasteiger partial charge in [0.2, 0.25) is 0 Å². The van der Waals surface area contributed by atoms with Gasteiger partial charge in [0, 0.05) is 17.6 Å². The van der Waals surface area contributed by atoms with Crippen LogP contribution in [0.4, 0.5) is 0 Å². The molecule has 1 heterocycles. The Morgan fingerprint density at radius 1 is 1.16 bits per heavy atom. The van der Waals surface area contributed by atoms with Gasteiger partial charge in [0.05, 0.1) is 11.1 Å². The average molecular weight is 325 g/mol. The Hall–Kier alpha value is -1.20. The standard InChI is InChI=1S/C14H17BrN2O2/c1-2-3-6-16-7-8-17-13(18)11-5-4-10(15)9-12(11)14(17)19/h4-5,9,16H,2-3,6-8H2,1H3. The molecule has 0 aromatic heterocycles. The Balaban J connectivity index is 1.98. The minimum absolute atomic E-state index is 0.190. The van der Waals surface area contributed by atoms with Crippen LogP contribution >= 0.6 is 15.9 Å². The molecule has 1 aliphatic heterocycles. The van der Waals surface area contributed by atoms with Crippen LogP contribution in [0.5, 0.6) is 0 Å². The van der Waals surface area contributed by atoms with Gasteiger partial charge in [0.15, 0.2) is 0 Å². The van der Waals surface area contributed by atoms with E-state index in [4.69, 9.17) is 0 Å². The van der Waals surface area contributed by atoms with Crippen LogP contribution in [0.2, 0.25) is 0 Å². The molecule has 1 aliphatic rings. The van der Waals surface area contributed by atoms with Gasteiger partial charge in [-0.1, -0.05) is 29.3 Å². The average Bonchev–Trinajstić information content (AvgIpc) is 2.63. The lowest BCUT2D eigenvalue weighted by molar-refractivity contribution is 0.0655. The van der Waals surface area contributed by atoms with Crippen LogP contribution in [-0.2, 0) is 0 Å². The van der Waals surface area contributed by atoms with E-state index < -0.39 is 0 Å². The summed E-state index contributed by atoms with van der Waals surface area (Å²) in [5.41, 5.74) is 0.995. The van der Waals surface area contributed by atoms with Gasteiger partial charge in [-0.15, -0.1) is 0 Å². The molecule has 1 N–H and O–H groups in total. The number of carbonyl (C=O) groups excluding carboxylic acids is 2. The van der Waals surface area contributed by atoms with Crippen molar-refractivity contribution in [3.05, 3.63) is 33.8 Å². The molecule has 0 bridgehead atoms. The van der Waals surface area contributed by atoms with E-state index in [1.54, 1.807) is 18.2 Å². The van der Waals surface area contributed by atoms with Crippen molar-refractivity contribution < 1.29 is 9.59 Å². The molecule has 1 aromatic carbocycles. The number of amides is 2. The molecule has 2 amide bonds. The fourth-order valence-corrected chi connectivity index (χ4v) is 2.44. The predicted molar refractivity (Wildman–Crippen MR) is 77.3 cm³/mol. The van der Waals surface area contributed by atoms with Crippen LogP contribution in [0.15, 0.2) is 22.7 Å². The van der Waals surface area contributed by atoms with Crippen LogP contribution < -0.4 is 5.32 Å². The highest BCUT2D eigenvalue weighted by molar-refractivity contribution is 9.10. The molecule has 19 heavy (non-hydrogen) atoms. The minimum Gasteiger partial charge on any atom is -0.315 e. The number of nitrogens with zero attached hydrogens (tertiary/aromatic N) is 1. The molecule has 0 aliphatic carbocycles. The van der Waals surface area contributed by atoms with Crippen LogP contribution in [0.3, 0.4) is 0 Å². The van der Waals surface area contributed by atoms with Crippen molar-refractivity contribution in [1.29, 1.82) is 0 Å². The summed E-state index contributed by atoms with van der Waals surface area (Å²) in [6.07, 6.45) is 2.24. The molecular weight excluding hydrogens is 308 g/mol. The van der Waals surface area contributed by atoms with E-state index in [-0.39, 0.29) is 11.8 Å². The zero-order chi connectivity index (χ0) is 13.8. The SMILES string of the molecule is CCCCNCCN1C(=O)c2ccc(Br)cc2C1=O. The van der Waals surface area contributed by atoms with Crippen LogP contribution in [0.1, 0.15) is 40.5 Å². The van der Waals surface area contributed by atoms with Gasteiger partial charge in [-0.3, -0.25) is 14.5 Å². The Bertz CT molecular complexity index is 502. The lowest BCUT2D eigenvalue weighted by atomic mass is 10.1. The van der Waals surface area contributed by atoms with Crippen molar-refractivity contribution in [2.45, 2.75) is 19.8 Å². The number of halogens is 1. The predicted octanol–water partition coefficient (Wildman–Crippen LogP) is 2.43. The molecule has 102 valence electrons. The first-order valence-electron chi connectivity index (χ1n) is 6.51. The van der Waals surface area contributed by atoms with Gasteiger partial charge >= 0.3 is 0 Å². The van der Waals surface area contributed by atoms with Crippen molar-refractivity contribution >= 4 is 27.7 Å². The number of hydrogen-bond acceptors (Lipinski definition) is 3. The Labute approximate surface area is 121 Å². The van der Waals surface area contributed by atoms with Gasteiger partial charge < -0.3 is 5.32 Å². The Kier molecular flexibility index (Phi) is 4.71. The van der Waals surface area contributed by atoms with Gasteiger partial charge in [-0.05, 0) is 31.2 Å². The molecule has 0 unspecified atom stereocenters. The molecule has 2 rings (SSSR count). The maximum absolute atomic E-state index is 12.1. The molecule has 0 fully saturated rings. The normalized spacial score (nSPS) is 14.1. The second-order valence-electron chi connectivity index (χ2n) is 4.56. The first-order valence-corrected chi connectivity index (χ1v) is 7.31. The lowest BCUT2D eigenvalue weighted by Gasteiger charge is -2.13. The quantitative estimate of drug-likeness (QED) is 0.646. The summed E-state index contributed by atoms with van der Waals surface area (Å²) >= 11 is 3.32. The van der Waals surface area contributed by atoms with E-state index >= 15 is 0 Å². The molecule has 0 saturated carbocycles. The highest BCUT2D eigenvalue weighted by atomic mass is 79.9. The Morgan fingerprint density at radius 2 is 1.89 bits per heavy atom. The van der Waals surface area contributed by atoms with Crippen molar-refractivity contribution in [3.63, 3.8) is 0 Å². The zero-order valence-corrected chi connectivity index (χ0v) is 12.5. The van der Waals surface area contributed by atoms with E-state index in [1.807, 2.05) is 0 Å². The summed E-state index contributed by atoms with van der Waals surface area (Å²) in [7, 11) is 0. The number of imide groups is 1. The summed E-state index contributed by atoms with van der Waals surface area (Å²) in [6, 6.07) is 5.19. The molecule has 5 heteroatoms. The third kappa shape index (κ3) is 3.04. The van der Waals surface area contributed by atoms with E-state index in [0.717, 1.165) is 23.9 Å². The number of fused-ring (bicyclic) bond motifs is 1. The van der Waals surface area contributed by atoms with Crippen LogP contribution in [-0.4, -0.2) is 36.3 Å². The van der Waals surface area contributed by atoms with E-state index in [9.17, 15) is 9.59 Å². The molecule has 0 radical (unpaired) electrons. The van der Waals surface area contributed by atoms with Crippen molar-refractivity contribution in [2.75, 3.05) is 19.6 Å². The van der Waals surface area contributed by atoms with E-state index in [1.165, 1.54) is 4.90 Å². The molecule has 0 atom stereocenters. The smallest absolute Gasteiger partial charge is 0.261 e. The molecule has 4 nitrogen and oxygen atoms in total. The maximum atomic E-state index is 12.1. The number of unbranched alkanes of at least 4 members (excludes halogenated alkanes) is 1. The number of rotatable bonds is 6. The lowest BCUT2D eigenvalue weighted by Crippen LogP contribution is -2.36. The largest absolute Gasteiger partial charge is 0.315 e. The zero-order valence-electron chi connectivity index (χ0n) is 10.9. The molecule has 1 aromatic rings. The Morgan fingerprint density at radius 3 is 2.63 bits per heavy atom. The fourth-order valence-electron chi connectivity index (χ4n) is 2.08. The first kappa shape index (κ1) is 14.2. The number of benzene rings is 1. The minimum atomic E-state index is -0.196. The monoisotopic (exact) mass is 324 g/mol.